The molecule has 1 saturated heterocycles. The van der Waals surface area contributed by atoms with E-state index >= 15 is 4.39 Å². The number of aromatic amines is 1. The van der Waals surface area contributed by atoms with E-state index in [4.69, 9.17) is 41.9 Å². The number of alkyl halides is 2. The summed E-state index contributed by atoms with van der Waals surface area (Å²) in [6.07, 6.45) is -5.62. The van der Waals surface area contributed by atoms with Crippen molar-refractivity contribution in [3.05, 3.63) is 63.2 Å². The van der Waals surface area contributed by atoms with Crippen LogP contribution in [-0.4, -0.2) is 56.7 Å². The van der Waals surface area contributed by atoms with E-state index in [0.29, 0.717) is 16.5 Å². The third-order valence-electron chi connectivity index (χ3n) is 4.99. The van der Waals surface area contributed by atoms with E-state index < -0.39 is 72.0 Å². The molecule has 0 spiro atoms. The van der Waals surface area contributed by atoms with Crippen molar-refractivity contribution in [3.8, 4) is 5.75 Å². The summed E-state index contributed by atoms with van der Waals surface area (Å²) in [6, 6.07) is 7.28. The molecule has 11 nitrogen and oxygen atoms in total. The van der Waals surface area contributed by atoms with Gasteiger partial charge < -0.3 is 23.6 Å². The molecule has 37 heavy (non-hydrogen) atoms. The van der Waals surface area contributed by atoms with Gasteiger partial charge in [0, 0.05) is 0 Å². The summed E-state index contributed by atoms with van der Waals surface area (Å²) in [5, 5.41) is 10.1. The maximum absolute atomic E-state index is 15.3. The fourth-order valence-electron chi connectivity index (χ4n) is 3.25. The van der Waals surface area contributed by atoms with Gasteiger partial charge in [-0.15, -0.1) is 0 Å². The second kappa shape index (κ2) is 11.7. The predicted molar refractivity (Wildman–Crippen MR) is 132 cm³/mol. The maximum atomic E-state index is 15.3. The molecule has 1 aliphatic rings. The van der Waals surface area contributed by atoms with E-state index in [1.807, 2.05) is 0 Å². The monoisotopic (exact) mass is 583 g/mol. The molecule has 0 bridgehead atoms. The number of H-pyrrole nitrogens is 1. The fourth-order valence-corrected chi connectivity index (χ4v) is 5.96. The lowest BCUT2D eigenvalue weighted by atomic mass is 10.1. The number of aromatic nitrogens is 2. The molecular formula is C21H25ClF2N3O8PS. The van der Waals surface area contributed by atoms with Crippen molar-refractivity contribution in [1.29, 1.82) is 0 Å². The van der Waals surface area contributed by atoms with E-state index in [2.05, 4.69) is 5.09 Å². The van der Waals surface area contributed by atoms with Crippen LogP contribution in [0.4, 0.5) is 8.78 Å². The van der Waals surface area contributed by atoms with Gasteiger partial charge in [-0.25, -0.2) is 14.3 Å². The van der Waals surface area contributed by atoms with Gasteiger partial charge >= 0.3 is 18.3 Å². The molecule has 6 unspecified atom stereocenters. The topological polar surface area (TPSA) is 141 Å². The maximum Gasteiger partial charge on any atom is 0.330 e. The van der Waals surface area contributed by atoms with Gasteiger partial charge in [0.05, 0.1) is 18.9 Å². The van der Waals surface area contributed by atoms with Gasteiger partial charge in [0.1, 0.15) is 24.0 Å². The van der Waals surface area contributed by atoms with Gasteiger partial charge in [0.15, 0.2) is 6.23 Å². The normalized spacial score (nSPS) is 26.0. The van der Waals surface area contributed by atoms with Crippen LogP contribution in [0.5, 0.6) is 5.75 Å². The highest BCUT2D eigenvalue weighted by Gasteiger charge is 2.58. The summed E-state index contributed by atoms with van der Waals surface area (Å²) >= 11 is 11.4. The van der Waals surface area contributed by atoms with Crippen molar-refractivity contribution in [2.45, 2.75) is 56.5 Å². The molecule has 6 atom stereocenters. The minimum atomic E-state index is -3.58. The lowest BCUT2D eigenvalue weighted by molar-refractivity contribution is -0.149. The fraction of sp³-hybridized carbons (Fsp3) is 0.476. The Bertz CT molecular complexity index is 1280. The van der Waals surface area contributed by atoms with Crippen molar-refractivity contribution in [2.24, 2.45) is 0 Å². The zero-order valence-corrected chi connectivity index (χ0v) is 22.3. The van der Waals surface area contributed by atoms with Crippen LogP contribution in [0.15, 0.2) is 46.1 Å². The first-order chi connectivity index (χ1) is 17.2. The average molecular weight is 584 g/mol. The predicted octanol–water partition coefficient (Wildman–Crippen LogP) is 2.09. The number of carbonyl (C=O) groups excluding carboxylic acids is 1. The number of nitrogens with zero attached hydrogens (tertiary/aromatic N) is 1. The van der Waals surface area contributed by atoms with Crippen molar-refractivity contribution in [3.63, 3.8) is 0 Å². The molecule has 16 heteroatoms. The van der Waals surface area contributed by atoms with Gasteiger partial charge in [-0.3, -0.25) is 19.1 Å². The number of hydrogen-bond donors (Lipinski definition) is 3. The molecule has 0 amide bonds. The highest BCUT2D eigenvalue weighted by molar-refractivity contribution is 8.09. The van der Waals surface area contributed by atoms with Gasteiger partial charge in [0.2, 0.25) is 5.82 Å². The Morgan fingerprint density at radius 2 is 2.00 bits per heavy atom. The number of aliphatic hydroxyl groups is 1. The Hall–Kier alpha value is -2.19. The molecule has 1 aromatic heterocycles. The Labute approximate surface area is 219 Å². The number of nitrogens with one attached hydrogen (secondary N) is 2. The molecule has 204 valence electrons. The van der Waals surface area contributed by atoms with Crippen LogP contribution in [0.2, 0.25) is 0 Å². The Balaban J connectivity index is 1.82. The molecule has 2 aromatic rings. The van der Waals surface area contributed by atoms with Gasteiger partial charge in [-0.05, 0) is 44.7 Å². The van der Waals surface area contributed by atoms with E-state index in [-0.39, 0.29) is 0 Å². The first-order valence-electron chi connectivity index (χ1n) is 10.9. The Morgan fingerprint density at radius 1 is 1.35 bits per heavy atom. The minimum absolute atomic E-state index is 0.293. The molecule has 0 aliphatic carbocycles. The smallest absolute Gasteiger partial charge is 0.330 e. The van der Waals surface area contributed by atoms with Crippen LogP contribution in [-0.2, 0) is 30.6 Å². The van der Waals surface area contributed by atoms with Crippen LogP contribution in [0.1, 0.15) is 27.0 Å². The van der Waals surface area contributed by atoms with Crippen molar-refractivity contribution in [1.82, 2.24) is 14.6 Å². The SMILES string of the molecule is CC(C)OC(=O)C(C)NP(=S)(OCC1OC(n2cc(F)c(=O)[nH]c2=O)C(F)(Cl)C1O)Oc1ccccc1. The van der Waals surface area contributed by atoms with Crippen LogP contribution in [0.3, 0.4) is 0 Å². The largest absolute Gasteiger partial charge is 0.462 e. The number of aliphatic hydroxyl groups excluding tert-OH is 1. The summed E-state index contributed by atoms with van der Waals surface area (Å²) in [4.78, 5) is 37.4. The number of ether oxygens (including phenoxy) is 2. The average Bonchev–Trinajstić information content (AvgIpc) is 3.03. The zero-order chi connectivity index (χ0) is 27.5. The lowest BCUT2D eigenvalue weighted by Gasteiger charge is -2.28. The molecule has 1 aliphatic heterocycles. The molecule has 1 fully saturated rings. The van der Waals surface area contributed by atoms with Crippen LogP contribution in [0.25, 0.3) is 0 Å². The van der Waals surface area contributed by atoms with E-state index in [9.17, 15) is 23.9 Å². The Kier molecular flexibility index (Phi) is 9.27. The van der Waals surface area contributed by atoms with Crippen LogP contribution < -0.4 is 20.9 Å². The number of carbonyl (C=O) groups is 1. The lowest BCUT2D eigenvalue weighted by Crippen LogP contribution is -2.42. The van der Waals surface area contributed by atoms with E-state index in [1.54, 1.807) is 49.2 Å². The molecule has 3 rings (SSSR count). The standard InChI is InChI=1S/C21H25ClF2N3O8PS/c1-11(2)33-18(30)12(3)26-36(37,35-13-7-5-4-6-8-13)32-10-15-16(28)21(22,24)19(34-15)27-9-14(23)17(29)25-20(27)31/h4-9,11-12,15-16,19,28H,10H2,1-3H3,(H,26,37)(H,25,29,31). The Morgan fingerprint density at radius 3 is 2.62 bits per heavy atom. The van der Waals surface area contributed by atoms with Gasteiger partial charge in [-0.1, -0.05) is 29.8 Å². The van der Waals surface area contributed by atoms with E-state index in [0.717, 1.165) is 0 Å². The first kappa shape index (κ1) is 29.4. The summed E-state index contributed by atoms with van der Waals surface area (Å²) in [5.74, 6) is -1.74. The quantitative estimate of drug-likeness (QED) is 0.216. The summed E-state index contributed by atoms with van der Waals surface area (Å²) < 4.78 is 51.5. The number of halogens is 3. The zero-order valence-electron chi connectivity index (χ0n) is 19.8. The number of para-hydroxylation sites is 1. The molecule has 2 heterocycles. The van der Waals surface area contributed by atoms with Crippen LogP contribution >= 0.6 is 18.2 Å². The molecular weight excluding hydrogens is 559 g/mol. The summed E-state index contributed by atoms with van der Waals surface area (Å²) in [7, 11) is 0. The van der Waals surface area contributed by atoms with Crippen molar-refractivity contribution in [2.75, 3.05) is 6.61 Å². The van der Waals surface area contributed by atoms with Crippen molar-refractivity contribution >= 4 is 36.0 Å². The summed E-state index contributed by atoms with van der Waals surface area (Å²) in [6.45, 7) is 0.619. The highest BCUT2D eigenvalue weighted by atomic mass is 35.5. The van der Waals surface area contributed by atoms with Gasteiger partial charge in [0.25, 0.3) is 10.7 Å². The second-order valence-electron chi connectivity index (χ2n) is 8.32. The van der Waals surface area contributed by atoms with E-state index in [1.165, 1.54) is 6.92 Å². The number of benzene rings is 1. The second-order valence-corrected chi connectivity index (χ2v) is 12.0. The van der Waals surface area contributed by atoms with Crippen LogP contribution in [0, 0.1) is 5.82 Å². The molecule has 1 aromatic carbocycles. The molecule has 0 radical (unpaired) electrons. The highest BCUT2D eigenvalue weighted by Crippen LogP contribution is 2.48. The summed E-state index contributed by atoms with van der Waals surface area (Å²) in [5.41, 5.74) is -2.54. The number of esters is 1. The van der Waals surface area contributed by atoms with Gasteiger partial charge in [-0.2, -0.15) is 4.39 Å². The van der Waals surface area contributed by atoms with Crippen molar-refractivity contribution < 1.29 is 37.2 Å². The number of rotatable bonds is 10. The number of hydrogen-bond acceptors (Lipinski definition) is 9. The third-order valence-corrected chi connectivity index (χ3v) is 7.90. The molecule has 0 saturated carbocycles. The minimum Gasteiger partial charge on any atom is -0.462 e. The third kappa shape index (κ3) is 7.02. The molecule has 3 N–H and O–H groups in total. The first-order valence-corrected chi connectivity index (χ1v) is 13.9.